The largest absolute Gasteiger partial charge is 0.441 e. The first-order valence-corrected chi connectivity index (χ1v) is 6.17. The minimum Gasteiger partial charge on any atom is -0.441 e. The van der Waals surface area contributed by atoms with E-state index in [2.05, 4.69) is 5.32 Å². The molecule has 1 fully saturated rings. The summed E-state index contributed by atoms with van der Waals surface area (Å²) in [7, 11) is 0. The van der Waals surface area contributed by atoms with Gasteiger partial charge in [-0.1, -0.05) is 65.1 Å². The molecule has 0 spiro atoms. The molecular formula is C11H10Cl3NO2. The van der Waals surface area contributed by atoms with Gasteiger partial charge in [-0.05, 0) is 12.0 Å². The van der Waals surface area contributed by atoms with E-state index in [1.165, 1.54) is 0 Å². The van der Waals surface area contributed by atoms with E-state index in [1.54, 1.807) is 0 Å². The molecule has 1 heterocycles. The van der Waals surface area contributed by atoms with E-state index in [1.807, 2.05) is 30.3 Å². The third-order valence-corrected chi connectivity index (χ3v) is 3.05. The van der Waals surface area contributed by atoms with Crippen LogP contribution in [0, 0.1) is 0 Å². The van der Waals surface area contributed by atoms with Crippen molar-refractivity contribution in [2.45, 2.75) is 22.5 Å². The average Bonchev–Trinajstić information content (AvgIpc) is 2.62. The van der Waals surface area contributed by atoms with Gasteiger partial charge in [-0.25, -0.2) is 0 Å². The minimum atomic E-state index is -1.65. The number of benzene rings is 1. The van der Waals surface area contributed by atoms with Gasteiger partial charge in [0.1, 0.15) is 6.04 Å². The van der Waals surface area contributed by atoms with Crippen molar-refractivity contribution < 1.29 is 9.53 Å². The van der Waals surface area contributed by atoms with Gasteiger partial charge in [0, 0.05) is 0 Å². The molecule has 1 aliphatic heterocycles. The highest BCUT2D eigenvalue weighted by molar-refractivity contribution is 6.68. The van der Waals surface area contributed by atoms with E-state index < -0.39 is 22.0 Å². The predicted octanol–water partition coefficient (Wildman–Crippen LogP) is 2.44. The van der Waals surface area contributed by atoms with E-state index in [0.29, 0.717) is 6.42 Å². The van der Waals surface area contributed by atoms with Crippen molar-refractivity contribution in [3.8, 4) is 0 Å². The van der Waals surface area contributed by atoms with E-state index in [9.17, 15) is 4.79 Å². The highest BCUT2D eigenvalue weighted by Gasteiger charge is 2.44. The Morgan fingerprint density at radius 2 is 1.88 bits per heavy atom. The molecule has 1 aromatic carbocycles. The van der Waals surface area contributed by atoms with Gasteiger partial charge in [-0.15, -0.1) is 0 Å². The van der Waals surface area contributed by atoms with Crippen LogP contribution in [0.15, 0.2) is 30.3 Å². The van der Waals surface area contributed by atoms with E-state index in [4.69, 9.17) is 39.5 Å². The molecule has 0 bridgehead atoms. The first-order valence-electron chi connectivity index (χ1n) is 5.04. The number of carbonyl (C=O) groups is 1. The maximum atomic E-state index is 11.6. The summed E-state index contributed by atoms with van der Waals surface area (Å²) in [6, 6.07) is 9.10. The normalized spacial score (nSPS) is 24.8. The van der Waals surface area contributed by atoms with Gasteiger partial charge in [-0.2, -0.15) is 0 Å². The van der Waals surface area contributed by atoms with Crippen molar-refractivity contribution in [1.29, 1.82) is 0 Å². The van der Waals surface area contributed by atoms with Gasteiger partial charge in [0.15, 0.2) is 0 Å². The summed E-state index contributed by atoms with van der Waals surface area (Å²) in [4.78, 5) is 11.6. The zero-order chi connectivity index (χ0) is 12.5. The first-order chi connectivity index (χ1) is 7.97. The number of alkyl halides is 3. The Labute approximate surface area is 114 Å². The van der Waals surface area contributed by atoms with Crippen LogP contribution in [-0.2, 0) is 16.0 Å². The van der Waals surface area contributed by atoms with E-state index in [-0.39, 0.29) is 0 Å². The molecule has 3 nitrogen and oxygen atoms in total. The maximum Gasteiger partial charge on any atom is 0.325 e. The second-order valence-corrected chi connectivity index (χ2v) is 6.14. The van der Waals surface area contributed by atoms with Gasteiger partial charge >= 0.3 is 5.97 Å². The molecular weight excluding hydrogens is 284 g/mol. The number of ether oxygens (including phenoxy) is 1. The van der Waals surface area contributed by atoms with E-state index in [0.717, 1.165) is 5.56 Å². The highest BCUT2D eigenvalue weighted by atomic mass is 35.6. The molecule has 17 heavy (non-hydrogen) atoms. The van der Waals surface area contributed by atoms with E-state index >= 15 is 0 Å². The fourth-order valence-corrected chi connectivity index (χ4v) is 1.96. The Morgan fingerprint density at radius 3 is 2.41 bits per heavy atom. The number of esters is 1. The van der Waals surface area contributed by atoms with Crippen LogP contribution in [0.5, 0.6) is 0 Å². The second-order valence-electron chi connectivity index (χ2n) is 3.77. The molecule has 1 saturated heterocycles. The van der Waals surface area contributed by atoms with Crippen LogP contribution in [0.1, 0.15) is 5.56 Å². The molecule has 2 rings (SSSR count). The zero-order valence-corrected chi connectivity index (χ0v) is 11.0. The summed E-state index contributed by atoms with van der Waals surface area (Å²) in [5, 5.41) is 2.86. The number of cyclic esters (lactones) is 1. The third-order valence-electron chi connectivity index (χ3n) is 2.45. The molecule has 0 unspecified atom stereocenters. The number of hydrogen-bond acceptors (Lipinski definition) is 3. The highest BCUT2D eigenvalue weighted by Crippen LogP contribution is 2.33. The van der Waals surface area contributed by atoms with Crippen LogP contribution >= 0.6 is 34.8 Å². The molecule has 6 heteroatoms. The molecule has 0 saturated carbocycles. The van der Waals surface area contributed by atoms with Crippen LogP contribution in [0.4, 0.5) is 0 Å². The monoisotopic (exact) mass is 293 g/mol. The Balaban J connectivity index is 2.02. The summed E-state index contributed by atoms with van der Waals surface area (Å²) < 4.78 is 3.31. The molecule has 2 atom stereocenters. The smallest absolute Gasteiger partial charge is 0.325 e. The van der Waals surface area contributed by atoms with Crippen molar-refractivity contribution in [1.82, 2.24) is 5.32 Å². The average molecular weight is 295 g/mol. The Bertz CT molecular complexity index is 405. The van der Waals surface area contributed by atoms with Gasteiger partial charge in [0.25, 0.3) is 0 Å². The summed E-state index contributed by atoms with van der Waals surface area (Å²) in [6.07, 6.45) is -0.384. The molecule has 0 amide bonds. The first kappa shape index (κ1) is 13.0. The number of halogens is 3. The van der Waals surface area contributed by atoms with Crippen LogP contribution in [-0.4, -0.2) is 22.0 Å². The molecule has 1 N–H and O–H groups in total. The summed E-state index contributed by atoms with van der Waals surface area (Å²) in [5.74, 6) is -0.398. The third kappa shape index (κ3) is 3.26. The molecule has 0 aromatic heterocycles. The molecule has 0 radical (unpaired) electrons. The number of carbonyl (C=O) groups excluding carboxylic acids is 1. The zero-order valence-electron chi connectivity index (χ0n) is 8.70. The Kier molecular flexibility index (Phi) is 3.83. The van der Waals surface area contributed by atoms with Gasteiger partial charge in [-0.3, -0.25) is 10.1 Å². The fourth-order valence-electron chi connectivity index (χ4n) is 1.64. The summed E-state index contributed by atoms with van der Waals surface area (Å²) >= 11 is 17.0. The lowest BCUT2D eigenvalue weighted by Gasteiger charge is -2.18. The minimum absolute atomic E-state index is 0.398. The van der Waals surface area contributed by atoms with Crippen molar-refractivity contribution in [2.24, 2.45) is 0 Å². The maximum absolute atomic E-state index is 11.6. The van der Waals surface area contributed by atoms with Crippen LogP contribution in [0.3, 0.4) is 0 Å². The van der Waals surface area contributed by atoms with Gasteiger partial charge in [0.05, 0.1) is 0 Å². The summed E-state index contributed by atoms with van der Waals surface area (Å²) in [5.41, 5.74) is 1.02. The topological polar surface area (TPSA) is 38.3 Å². The van der Waals surface area contributed by atoms with Gasteiger partial charge in [0.2, 0.25) is 10.0 Å². The van der Waals surface area contributed by atoms with Gasteiger partial charge < -0.3 is 4.74 Å². The molecule has 92 valence electrons. The fraction of sp³-hybridized carbons (Fsp3) is 0.364. The Hall–Kier alpha value is -0.480. The van der Waals surface area contributed by atoms with Crippen LogP contribution < -0.4 is 5.32 Å². The van der Waals surface area contributed by atoms with Crippen molar-refractivity contribution in [3.63, 3.8) is 0 Å². The lowest BCUT2D eigenvalue weighted by Crippen LogP contribution is -2.40. The predicted molar refractivity (Wildman–Crippen MR) is 67.2 cm³/mol. The molecule has 0 aliphatic carbocycles. The SMILES string of the molecule is O=C1O[C@@H](C(Cl)(Cl)Cl)N[C@H]1Cc1ccccc1. The Morgan fingerprint density at radius 1 is 1.24 bits per heavy atom. The quantitative estimate of drug-likeness (QED) is 0.672. The number of nitrogens with one attached hydrogen (secondary N) is 1. The van der Waals surface area contributed by atoms with Crippen molar-refractivity contribution in [3.05, 3.63) is 35.9 Å². The summed E-state index contributed by atoms with van der Waals surface area (Å²) in [6.45, 7) is 0. The lowest BCUT2D eigenvalue weighted by molar-refractivity contribution is -0.142. The number of hydrogen-bond donors (Lipinski definition) is 1. The molecule has 1 aliphatic rings. The van der Waals surface area contributed by atoms with Crippen molar-refractivity contribution >= 4 is 40.8 Å². The second kappa shape index (κ2) is 5.02. The van der Waals surface area contributed by atoms with Crippen LogP contribution in [0.2, 0.25) is 0 Å². The van der Waals surface area contributed by atoms with Crippen LogP contribution in [0.25, 0.3) is 0 Å². The molecule has 1 aromatic rings. The lowest BCUT2D eigenvalue weighted by atomic mass is 10.1. The number of rotatable bonds is 2. The van der Waals surface area contributed by atoms with Crippen molar-refractivity contribution in [2.75, 3.05) is 0 Å². The standard InChI is InChI=1S/C11H10Cl3NO2/c12-11(13,14)10-15-8(9(16)17-10)6-7-4-2-1-3-5-7/h1-5,8,10,15H,6H2/t8-,10-/m0/s1.